The zero-order chi connectivity index (χ0) is 22.6. The van der Waals surface area contributed by atoms with Crippen LogP contribution in [0.5, 0.6) is 5.75 Å². The third-order valence-electron chi connectivity index (χ3n) is 5.20. The molecule has 31 heavy (non-hydrogen) atoms. The molecular formula is C21H29ClN4O4S. The smallest absolute Gasteiger partial charge is 0.260 e. The first-order valence-electron chi connectivity index (χ1n) is 10.6. The normalized spacial score (nSPS) is 14.7. The van der Waals surface area contributed by atoms with Crippen molar-refractivity contribution in [2.45, 2.75) is 57.9 Å². The Morgan fingerprint density at radius 1 is 1.26 bits per heavy atom. The summed E-state index contributed by atoms with van der Waals surface area (Å²) in [7, 11) is -3.72. The van der Waals surface area contributed by atoms with Crippen molar-refractivity contribution < 1.29 is 17.9 Å². The third kappa shape index (κ3) is 5.05. The second-order valence-electron chi connectivity index (χ2n) is 7.49. The number of hydrogen-bond acceptors (Lipinski definition) is 5. The van der Waals surface area contributed by atoms with Gasteiger partial charge in [-0.1, -0.05) is 24.9 Å². The van der Waals surface area contributed by atoms with Crippen LogP contribution in [0.4, 0.5) is 5.69 Å². The first kappa shape index (κ1) is 23.6. The summed E-state index contributed by atoms with van der Waals surface area (Å²) in [5, 5.41) is 7.40. The number of carbonyl (C=O) groups is 1. The standard InChI is InChI=1S/C21H29ClN4O4S/c1-4-6-13-26-20(22)19(15(3)24-26)21(27)23-16-9-10-17(30-5-2)18(14-16)31(28,29)25-11-7-8-12-25/h9-10,14H,4-8,11-13H2,1-3H3,(H,23,27). The van der Waals surface area contributed by atoms with Crippen LogP contribution in [0.1, 0.15) is 55.6 Å². The van der Waals surface area contributed by atoms with Crippen molar-refractivity contribution in [1.29, 1.82) is 0 Å². The molecule has 1 saturated heterocycles. The fourth-order valence-electron chi connectivity index (χ4n) is 3.59. The molecule has 10 heteroatoms. The van der Waals surface area contributed by atoms with Gasteiger partial charge in [-0.3, -0.25) is 9.48 Å². The molecule has 0 radical (unpaired) electrons. The highest BCUT2D eigenvalue weighted by molar-refractivity contribution is 7.89. The maximum Gasteiger partial charge on any atom is 0.260 e. The number of amides is 1. The van der Waals surface area contributed by atoms with Crippen molar-refractivity contribution in [2.24, 2.45) is 0 Å². The zero-order valence-corrected chi connectivity index (χ0v) is 19.7. The van der Waals surface area contributed by atoms with E-state index in [1.165, 1.54) is 10.4 Å². The highest BCUT2D eigenvalue weighted by Gasteiger charge is 2.30. The van der Waals surface area contributed by atoms with E-state index in [9.17, 15) is 13.2 Å². The summed E-state index contributed by atoms with van der Waals surface area (Å²) in [6.07, 6.45) is 3.55. The molecule has 2 aromatic rings. The first-order valence-corrected chi connectivity index (χ1v) is 12.4. The van der Waals surface area contributed by atoms with E-state index < -0.39 is 15.9 Å². The molecule has 1 aromatic heterocycles. The van der Waals surface area contributed by atoms with Crippen LogP contribution >= 0.6 is 11.6 Å². The Balaban J connectivity index is 1.90. The molecule has 1 aromatic carbocycles. The molecule has 0 saturated carbocycles. The molecule has 1 aliphatic rings. The molecule has 1 amide bonds. The Morgan fingerprint density at radius 2 is 1.97 bits per heavy atom. The number of aromatic nitrogens is 2. The van der Waals surface area contributed by atoms with Gasteiger partial charge in [0, 0.05) is 25.3 Å². The highest BCUT2D eigenvalue weighted by Crippen LogP contribution is 2.32. The van der Waals surface area contributed by atoms with Gasteiger partial charge in [-0.15, -0.1) is 0 Å². The number of nitrogens with one attached hydrogen (secondary N) is 1. The fraction of sp³-hybridized carbons (Fsp3) is 0.524. The fourth-order valence-corrected chi connectivity index (χ4v) is 5.61. The molecule has 0 bridgehead atoms. The summed E-state index contributed by atoms with van der Waals surface area (Å²) in [6, 6.07) is 4.64. The number of aryl methyl sites for hydroxylation is 2. The zero-order valence-electron chi connectivity index (χ0n) is 18.1. The van der Waals surface area contributed by atoms with Gasteiger partial charge in [0.15, 0.2) is 0 Å². The van der Waals surface area contributed by atoms with Crippen LogP contribution in [0.25, 0.3) is 0 Å². The van der Waals surface area contributed by atoms with Crippen molar-refractivity contribution >= 4 is 33.2 Å². The lowest BCUT2D eigenvalue weighted by atomic mass is 10.2. The SMILES string of the molecule is CCCCn1nc(C)c(C(=O)Nc2ccc(OCC)c(S(=O)(=O)N3CCCC3)c2)c1Cl. The molecule has 3 rings (SSSR count). The lowest BCUT2D eigenvalue weighted by Crippen LogP contribution is -2.28. The summed E-state index contributed by atoms with van der Waals surface area (Å²) >= 11 is 6.40. The monoisotopic (exact) mass is 468 g/mol. The minimum absolute atomic E-state index is 0.0514. The summed E-state index contributed by atoms with van der Waals surface area (Å²) < 4.78 is 34.9. The number of anilines is 1. The van der Waals surface area contributed by atoms with E-state index in [0.29, 0.717) is 37.6 Å². The number of nitrogens with zero attached hydrogens (tertiary/aromatic N) is 3. The predicted octanol–water partition coefficient (Wildman–Crippen LogP) is 4.08. The summed E-state index contributed by atoms with van der Waals surface area (Å²) in [5.74, 6) is -0.159. The third-order valence-corrected chi connectivity index (χ3v) is 7.50. The van der Waals surface area contributed by atoms with E-state index in [2.05, 4.69) is 17.3 Å². The maximum atomic E-state index is 13.1. The van der Waals surface area contributed by atoms with Gasteiger partial charge in [-0.2, -0.15) is 9.40 Å². The molecule has 2 heterocycles. The van der Waals surface area contributed by atoms with Crippen LogP contribution in [0.2, 0.25) is 5.15 Å². The average molecular weight is 469 g/mol. The Labute approximate surface area is 188 Å². The molecular weight excluding hydrogens is 440 g/mol. The molecule has 0 atom stereocenters. The van der Waals surface area contributed by atoms with Crippen LogP contribution in [0.15, 0.2) is 23.1 Å². The highest BCUT2D eigenvalue weighted by atomic mass is 35.5. The molecule has 8 nitrogen and oxygen atoms in total. The van der Waals surface area contributed by atoms with Crippen molar-refractivity contribution in [3.63, 3.8) is 0 Å². The molecule has 0 unspecified atom stereocenters. The van der Waals surface area contributed by atoms with E-state index in [0.717, 1.165) is 25.7 Å². The van der Waals surface area contributed by atoms with E-state index >= 15 is 0 Å². The van der Waals surface area contributed by atoms with Gasteiger partial charge >= 0.3 is 0 Å². The minimum atomic E-state index is -3.72. The quantitative estimate of drug-likeness (QED) is 0.598. The molecule has 0 aliphatic carbocycles. The van der Waals surface area contributed by atoms with Crippen molar-refractivity contribution in [1.82, 2.24) is 14.1 Å². The van der Waals surface area contributed by atoms with Crippen LogP contribution < -0.4 is 10.1 Å². The summed E-state index contributed by atoms with van der Waals surface area (Å²) in [5.41, 5.74) is 1.16. The van der Waals surface area contributed by atoms with Gasteiger partial charge in [-0.25, -0.2) is 8.42 Å². The van der Waals surface area contributed by atoms with Crippen molar-refractivity contribution in [2.75, 3.05) is 25.0 Å². The maximum absolute atomic E-state index is 13.1. The lowest BCUT2D eigenvalue weighted by molar-refractivity contribution is 0.102. The van der Waals surface area contributed by atoms with Crippen LogP contribution in [0, 0.1) is 6.92 Å². The number of benzene rings is 1. The van der Waals surface area contributed by atoms with Crippen LogP contribution in [-0.4, -0.2) is 48.1 Å². The number of sulfonamides is 1. The number of unbranched alkanes of at least 4 members (excludes halogenated alkanes) is 1. The average Bonchev–Trinajstić information content (AvgIpc) is 3.36. The van der Waals surface area contributed by atoms with Gasteiger partial charge in [0.1, 0.15) is 15.8 Å². The topological polar surface area (TPSA) is 93.5 Å². The molecule has 1 N–H and O–H groups in total. The van der Waals surface area contributed by atoms with Crippen LogP contribution in [0.3, 0.4) is 0 Å². The summed E-state index contributed by atoms with van der Waals surface area (Å²) in [4.78, 5) is 13.0. The number of carbonyl (C=O) groups excluding carboxylic acids is 1. The van der Waals surface area contributed by atoms with E-state index in [-0.39, 0.29) is 21.4 Å². The van der Waals surface area contributed by atoms with Gasteiger partial charge in [-0.05, 0) is 51.3 Å². The molecule has 1 aliphatic heterocycles. The Kier molecular flexibility index (Phi) is 7.61. The second kappa shape index (κ2) is 10.0. The largest absolute Gasteiger partial charge is 0.492 e. The van der Waals surface area contributed by atoms with Crippen LogP contribution in [-0.2, 0) is 16.6 Å². The molecule has 0 spiro atoms. The molecule has 170 valence electrons. The van der Waals surface area contributed by atoms with E-state index in [4.69, 9.17) is 16.3 Å². The Bertz CT molecular complexity index is 1050. The first-order chi connectivity index (χ1) is 14.8. The Hall–Kier alpha value is -2.10. The number of rotatable bonds is 9. The number of hydrogen-bond donors (Lipinski definition) is 1. The van der Waals surface area contributed by atoms with Gasteiger partial charge in [0.05, 0.1) is 17.9 Å². The van der Waals surface area contributed by atoms with Crippen molar-refractivity contribution in [3.05, 3.63) is 34.6 Å². The summed E-state index contributed by atoms with van der Waals surface area (Å²) in [6.45, 7) is 7.52. The van der Waals surface area contributed by atoms with Gasteiger partial charge < -0.3 is 10.1 Å². The molecule has 1 fully saturated rings. The predicted molar refractivity (Wildman–Crippen MR) is 120 cm³/mol. The second-order valence-corrected chi connectivity index (χ2v) is 9.75. The number of ether oxygens (including phenoxy) is 1. The van der Waals surface area contributed by atoms with Gasteiger partial charge in [0.25, 0.3) is 5.91 Å². The minimum Gasteiger partial charge on any atom is -0.492 e. The van der Waals surface area contributed by atoms with Crippen molar-refractivity contribution in [3.8, 4) is 5.75 Å². The number of halogens is 1. The Morgan fingerprint density at radius 3 is 2.61 bits per heavy atom. The van der Waals surface area contributed by atoms with E-state index in [1.54, 1.807) is 30.7 Å². The van der Waals surface area contributed by atoms with E-state index in [1.807, 2.05) is 0 Å². The lowest BCUT2D eigenvalue weighted by Gasteiger charge is -2.19. The van der Waals surface area contributed by atoms with Gasteiger partial charge in [0.2, 0.25) is 10.0 Å².